The maximum Gasteiger partial charge on any atom is 0.236 e. The number of unbranched alkanes of at least 4 members (excludes halogenated alkanes) is 1. The fraction of sp³-hybridized carbons (Fsp3) is 0.556. The summed E-state index contributed by atoms with van der Waals surface area (Å²) >= 11 is 1.26. The van der Waals surface area contributed by atoms with Gasteiger partial charge in [0.25, 0.3) is 0 Å². The van der Waals surface area contributed by atoms with E-state index in [0.29, 0.717) is 33.6 Å². The van der Waals surface area contributed by atoms with Crippen LogP contribution in [0.5, 0.6) is 11.8 Å². The van der Waals surface area contributed by atoms with Gasteiger partial charge in [0, 0.05) is 32.4 Å². The Kier molecular flexibility index (Phi) is 7.67. The summed E-state index contributed by atoms with van der Waals surface area (Å²) in [5.41, 5.74) is 11.3. The van der Waals surface area contributed by atoms with E-state index < -0.39 is 0 Å². The van der Waals surface area contributed by atoms with E-state index in [9.17, 15) is 0 Å². The normalized spacial score (nSPS) is 14.8. The minimum absolute atomic E-state index is 0.391. The molecule has 11 heteroatoms. The van der Waals surface area contributed by atoms with Gasteiger partial charge in [0.1, 0.15) is 10.7 Å². The third-order valence-corrected chi connectivity index (χ3v) is 5.54. The van der Waals surface area contributed by atoms with Crippen molar-refractivity contribution in [2.75, 3.05) is 64.1 Å². The first-order valence-electron chi connectivity index (χ1n) is 9.58. The number of ether oxygens (including phenoxy) is 2. The number of nitrogen functional groups attached to an aromatic ring is 1. The number of nitrogens with zero attached hydrogens (tertiary/aromatic N) is 6. The monoisotopic (exact) mass is 420 g/mol. The Morgan fingerprint density at radius 3 is 2.31 bits per heavy atom. The molecule has 1 fully saturated rings. The summed E-state index contributed by atoms with van der Waals surface area (Å²) in [5, 5.41) is 0.476. The van der Waals surface area contributed by atoms with Crippen LogP contribution >= 0.6 is 11.8 Å². The van der Waals surface area contributed by atoms with Gasteiger partial charge in [-0.15, -0.1) is 0 Å². The maximum atomic E-state index is 5.75. The lowest BCUT2D eigenvalue weighted by molar-refractivity contribution is 0.251. The highest BCUT2D eigenvalue weighted by Crippen LogP contribution is 2.39. The Balaban J connectivity index is 1.74. The lowest BCUT2D eigenvalue weighted by Crippen LogP contribution is -2.47. The van der Waals surface area contributed by atoms with Gasteiger partial charge in [0.2, 0.25) is 17.7 Å². The second-order valence-corrected chi connectivity index (χ2v) is 7.54. The second-order valence-electron chi connectivity index (χ2n) is 6.56. The summed E-state index contributed by atoms with van der Waals surface area (Å²) in [7, 11) is 3.15. The number of rotatable bonds is 9. The molecule has 0 saturated carbocycles. The van der Waals surface area contributed by atoms with Crippen molar-refractivity contribution < 1.29 is 9.47 Å². The molecule has 3 heterocycles. The van der Waals surface area contributed by atoms with Crippen molar-refractivity contribution in [3.63, 3.8) is 0 Å². The minimum Gasteiger partial charge on any atom is -0.480 e. The van der Waals surface area contributed by atoms with Crippen LogP contribution in [0.2, 0.25) is 0 Å². The molecule has 1 aliphatic rings. The van der Waals surface area contributed by atoms with Gasteiger partial charge in [-0.2, -0.15) is 9.97 Å². The first kappa shape index (κ1) is 21.3. The molecule has 158 valence electrons. The van der Waals surface area contributed by atoms with Gasteiger partial charge in [0.05, 0.1) is 14.2 Å². The summed E-state index contributed by atoms with van der Waals surface area (Å²) in [4.78, 5) is 22.9. The third-order valence-electron chi connectivity index (χ3n) is 4.61. The second kappa shape index (κ2) is 10.4. The van der Waals surface area contributed by atoms with Crippen molar-refractivity contribution in [2.24, 2.45) is 5.73 Å². The van der Waals surface area contributed by atoms with E-state index in [1.165, 1.54) is 11.8 Å². The molecule has 0 aliphatic carbocycles. The van der Waals surface area contributed by atoms with Gasteiger partial charge in [0.15, 0.2) is 5.16 Å². The predicted molar refractivity (Wildman–Crippen MR) is 113 cm³/mol. The summed E-state index contributed by atoms with van der Waals surface area (Å²) in [5.74, 6) is 1.84. The van der Waals surface area contributed by atoms with Crippen LogP contribution in [-0.4, -0.2) is 78.3 Å². The molecular formula is C18H28N8O2S. The molecule has 0 aromatic carbocycles. The Morgan fingerprint density at radius 1 is 1.03 bits per heavy atom. The lowest BCUT2D eigenvalue weighted by atomic mass is 10.2. The largest absolute Gasteiger partial charge is 0.480 e. The Morgan fingerprint density at radius 2 is 1.72 bits per heavy atom. The van der Waals surface area contributed by atoms with Crippen LogP contribution in [0.1, 0.15) is 12.8 Å². The molecule has 2 aromatic heterocycles. The van der Waals surface area contributed by atoms with Crippen LogP contribution in [0.15, 0.2) is 22.3 Å². The smallest absolute Gasteiger partial charge is 0.236 e. The minimum atomic E-state index is 0.391. The van der Waals surface area contributed by atoms with Gasteiger partial charge in [-0.1, -0.05) is 0 Å². The van der Waals surface area contributed by atoms with Crippen LogP contribution < -0.4 is 25.8 Å². The van der Waals surface area contributed by atoms with Crippen LogP contribution in [0.4, 0.5) is 11.8 Å². The van der Waals surface area contributed by atoms with Crippen molar-refractivity contribution in [1.82, 2.24) is 24.8 Å². The van der Waals surface area contributed by atoms with E-state index in [1.807, 2.05) is 0 Å². The fourth-order valence-corrected chi connectivity index (χ4v) is 3.93. The predicted octanol–water partition coefficient (Wildman–Crippen LogP) is 0.878. The molecule has 2 aromatic rings. The quantitative estimate of drug-likeness (QED) is 0.443. The van der Waals surface area contributed by atoms with Gasteiger partial charge in [-0.05, 0) is 43.8 Å². The summed E-state index contributed by atoms with van der Waals surface area (Å²) in [6, 6.07) is 1.63. The third kappa shape index (κ3) is 5.58. The van der Waals surface area contributed by atoms with Crippen LogP contribution in [0.25, 0.3) is 0 Å². The summed E-state index contributed by atoms with van der Waals surface area (Å²) < 4.78 is 11.0. The highest BCUT2D eigenvalue weighted by molar-refractivity contribution is 7.99. The number of methoxy groups -OCH3 is 2. The van der Waals surface area contributed by atoms with E-state index in [-0.39, 0.29) is 0 Å². The number of nitrogens with two attached hydrogens (primary N) is 2. The summed E-state index contributed by atoms with van der Waals surface area (Å²) in [6.45, 7) is 5.45. The number of hydrogen-bond donors (Lipinski definition) is 2. The lowest BCUT2D eigenvalue weighted by Gasteiger charge is -2.34. The van der Waals surface area contributed by atoms with Gasteiger partial charge >= 0.3 is 0 Å². The van der Waals surface area contributed by atoms with Crippen LogP contribution in [0, 0.1) is 0 Å². The number of aromatic nitrogens is 4. The van der Waals surface area contributed by atoms with Gasteiger partial charge in [-0.25, -0.2) is 9.97 Å². The zero-order valence-corrected chi connectivity index (χ0v) is 17.7. The number of hydrogen-bond acceptors (Lipinski definition) is 11. The standard InChI is InChI=1S/C18H28N8O2S/c1-27-15-14(29-18-21-7-5-13(20)22-18)16(28-2)24-17(23-15)26-11-9-25(10-12-26)8-4-3-6-19/h5,7H,3-4,6,8-12,19H2,1-2H3,(H2,20,21,22). The Hall–Kier alpha value is -2.37. The van der Waals surface area contributed by atoms with Gasteiger partial charge in [-0.3, -0.25) is 4.90 Å². The van der Waals surface area contributed by atoms with Crippen molar-refractivity contribution in [1.29, 1.82) is 0 Å². The van der Waals surface area contributed by atoms with E-state index >= 15 is 0 Å². The molecule has 1 aliphatic heterocycles. The SMILES string of the molecule is COc1nc(N2CCN(CCCCN)CC2)nc(OC)c1Sc1nccc(N)n1. The number of piperazine rings is 1. The topological polar surface area (TPSA) is 129 Å². The zero-order valence-electron chi connectivity index (χ0n) is 16.9. The molecule has 10 nitrogen and oxygen atoms in total. The van der Waals surface area contributed by atoms with Crippen molar-refractivity contribution in [3.8, 4) is 11.8 Å². The molecule has 0 unspecified atom stereocenters. The number of anilines is 2. The molecule has 3 rings (SSSR count). The average Bonchev–Trinajstić information content (AvgIpc) is 2.74. The zero-order chi connectivity index (χ0) is 20.6. The first-order chi connectivity index (χ1) is 14.1. The molecule has 0 radical (unpaired) electrons. The van der Waals surface area contributed by atoms with Crippen LogP contribution in [0.3, 0.4) is 0 Å². The van der Waals surface area contributed by atoms with Crippen molar-refractivity contribution in [3.05, 3.63) is 12.3 Å². The molecule has 4 N–H and O–H groups in total. The van der Waals surface area contributed by atoms with Gasteiger partial charge < -0.3 is 25.8 Å². The highest BCUT2D eigenvalue weighted by atomic mass is 32.2. The Labute approximate surface area is 175 Å². The van der Waals surface area contributed by atoms with E-state index in [4.69, 9.17) is 20.9 Å². The first-order valence-corrected chi connectivity index (χ1v) is 10.4. The molecule has 29 heavy (non-hydrogen) atoms. The van der Waals surface area contributed by atoms with E-state index in [2.05, 4.69) is 29.7 Å². The maximum absolute atomic E-state index is 5.75. The van der Waals surface area contributed by atoms with E-state index in [1.54, 1.807) is 26.5 Å². The molecular weight excluding hydrogens is 392 g/mol. The van der Waals surface area contributed by atoms with Crippen molar-refractivity contribution in [2.45, 2.75) is 22.9 Å². The van der Waals surface area contributed by atoms with Crippen molar-refractivity contribution >= 4 is 23.5 Å². The molecule has 0 atom stereocenters. The average molecular weight is 421 g/mol. The fourth-order valence-electron chi connectivity index (χ4n) is 3.05. The van der Waals surface area contributed by atoms with Crippen LogP contribution in [-0.2, 0) is 0 Å². The molecule has 0 spiro atoms. The van der Waals surface area contributed by atoms with E-state index in [0.717, 1.165) is 52.1 Å². The Bertz CT molecular complexity index is 776. The molecule has 1 saturated heterocycles. The molecule has 0 bridgehead atoms. The molecule has 0 amide bonds. The summed E-state index contributed by atoms with van der Waals surface area (Å²) in [6.07, 6.45) is 3.80. The highest BCUT2D eigenvalue weighted by Gasteiger charge is 2.24.